The van der Waals surface area contributed by atoms with Crippen LogP contribution >= 0.6 is 0 Å². The van der Waals surface area contributed by atoms with E-state index < -0.39 is 0 Å². The summed E-state index contributed by atoms with van der Waals surface area (Å²) in [6.45, 7) is 6.04. The number of ether oxygens (including phenoxy) is 2. The van der Waals surface area contributed by atoms with Gasteiger partial charge in [-0.1, -0.05) is 0 Å². The van der Waals surface area contributed by atoms with Crippen molar-refractivity contribution < 1.29 is 14.6 Å². The molecule has 0 aromatic carbocycles. The maximum atomic E-state index is 9.87. The molecule has 1 saturated heterocycles. The third kappa shape index (κ3) is 3.25. The Balaban J connectivity index is 2.31. The molecule has 1 fully saturated rings. The van der Waals surface area contributed by atoms with Gasteiger partial charge in [0.05, 0.1) is 18.8 Å². The fourth-order valence-electron chi connectivity index (χ4n) is 1.78. The summed E-state index contributed by atoms with van der Waals surface area (Å²) in [5.41, 5.74) is 0. The fourth-order valence-corrected chi connectivity index (χ4v) is 1.78. The minimum absolute atomic E-state index is 0.0725. The molecule has 0 spiro atoms. The van der Waals surface area contributed by atoms with Crippen LogP contribution in [0.5, 0.6) is 0 Å². The third-order valence-corrected chi connectivity index (χ3v) is 2.59. The summed E-state index contributed by atoms with van der Waals surface area (Å²) in [4.78, 5) is 0. The van der Waals surface area contributed by atoms with Crippen LogP contribution in [-0.2, 0) is 9.47 Å². The molecule has 0 radical (unpaired) electrons. The van der Waals surface area contributed by atoms with E-state index in [0.717, 1.165) is 19.4 Å². The first-order valence-corrected chi connectivity index (χ1v) is 5.13. The molecule has 3 atom stereocenters. The largest absolute Gasteiger partial charge is 0.390 e. The zero-order chi connectivity index (χ0) is 9.68. The number of hydrogen-bond acceptors (Lipinski definition) is 3. The molecule has 3 heteroatoms. The molecule has 1 rings (SSSR count). The molecular weight excluding hydrogens is 168 g/mol. The van der Waals surface area contributed by atoms with E-state index in [-0.39, 0.29) is 18.1 Å². The molecule has 1 N–H and O–H groups in total. The molecule has 13 heavy (non-hydrogen) atoms. The molecule has 0 aromatic rings. The van der Waals surface area contributed by atoms with Crippen molar-refractivity contribution in [2.75, 3.05) is 19.8 Å². The molecule has 0 aromatic heterocycles. The second-order valence-electron chi connectivity index (χ2n) is 3.63. The predicted octanol–water partition coefficient (Wildman–Crippen LogP) is 1.20. The number of aliphatic hydroxyl groups is 1. The lowest BCUT2D eigenvalue weighted by Crippen LogP contribution is -2.37. The van der Waals surface area contributed by atoms with Gasteiger partial charge < -0.3 is 14.6 Å². The molecule has 0 saturated carbocycles. The van der Waals surface area contributed by atoms with E-state index >= 15 is 0 Å². The minimum Gasteiger partial charge on any atom is -0.390 e. The first kappa shape index (κ1) is 11.0. The second-order valence-corrected chi connectivity index (χ2v) is 3.63. The van der Waals surface area contributed by atoms with Crippen molar-refractivity contribution >= 4 is 0 Å². The molecule has 0 bridgehead atoms. The quantitative estimate of drug-likeness (QED) is 0.720. The van der Waals surface area contributed by atoms with Gasteiger partial charge in [0.2, 0.25) is 0 Å². The van der Waals surface area contributed by atoms with Crippen LogP contribution in [0.2, 0.25) is 0 Å². The molecule has 0 amide bonds. The van der Waals surface area contributed by atoms with Gasteiger partial charge in [-0.15, -0.1) is 0 Å². The molecule has 1 heterocycles. The van der Waals surface area contributed by atoms with Crippen LogP contribution in [-0.4, -0.2) is 37.1 Å². The zero-order valence-corrected chi connectivity index (χ0v) is 8.53. The lowest BCUT2D eigenvalue weighted by atomic mass is 9.93. The van der Waals surface area contributed by atoms with Crippen molar-refractivity contribution in [3.63, 3.8) is 0 Å². The van der Waals surface area contributed by atoms with Crippen LogP contribution in [0.4, 0.5) is 0 Å². The highest BCUT2D eigenvalue weighted by atomic mass is 16.5. The number of aliphatic hydroxyl groups excluding tert-OH is 1. The lowest BCUT2D eigenvalue weighted by molar-refractivity contribution is -0.0818. The van der Waals surface area contributed by atoms with Crippen molar-refractivity contribution in [1.29, 1.82) is 0 Å². The van der Waals surface area contributed by atoms with Crippen molar-refractivity contribution in [3.8, 4) is 0 Å². The Hall–Kier alpha value is -0.120. The van der Waals surface area contributed by atoms with Crippen LogP contribution in [0.15, 0.2) is 0 Å². The Kier molecular flexibility index (Phi) is 4.70. The summed E-state index contributed by atoms with van der Waals surface area (Å²) in [5.74, 6) is 0.260. The van der Waals surface area contributed by atoms with Crippen molar-refractivity contribution in [2.45, 2.75) is 38.9 Å². The van der Waals surface area contributed by atoms with Crippen LogP contribution in [0.1, 0.15) is 26.7 Å². The van der Waals surface area contributed by atoms with Crippen LogP contribution in [0.25, 0.3) is 0 Å². The monoisotopic (exact) mass is 188 g/mol. The zero-order valence-electron chi connectivity index (χ0n) is 8.53. The normalized spacial score (nSPS) is 28.4. The van der Waals surface area contributed by atoms with Gasteiger partial charge in [0.15, 0.2) is 0 Å². The van der Waals surface area contributed by atoms with E-state index in [2.05, 4.69) is 0 Å². The second kappa shape index (κ2) is 5.58. The highest BCUT2D eigenvalue weighted by Crippen LogP contribution is 2.20. The predicted molar refractivity (Wildman–Crippen MR) is 50.6 cm³/mol. The maximum absolute atomic E-state index is 9.87. The standard InChI is InChI=1S/C10H20O3/c1-3-13-8(2)10(11)9-5-4-6-12-7-9/h8-11H,3-7H2,1-2H3. The van der Waals surface area contributed by atoms with Gasteiger partial charge in [0.25, 0.3) is 0 Å². The van der Waals surface area contributed by atoms with E-state index in [9.17, 15) is 5.11 Å². The van der Waals surface area contributed by atoms with Crippen molar-refractivity contribution in [2.24, 2.45) is 5.92 Å². The first-order chi connectivity index (χ1) is 6.25. The smallest absolute Gasteiger partial charge is 0.0849 e. The topological polar surface area (TPSA) is 38.7 Å². The highest BCUT2D eigenvalue weighted by molar-refractivity contribution is 4.76. The Bertz CT molecular complexity index is 132. The molecule has 0 aliphatic carbocycles. The van der Waals surface area contributed by atoms with E-state index in [0.29, 0.717) is 13.2 Å². The van der Waals surface area contributed by atoms with E-state index in [1.807, 2.05) is 13.8 Å². The summed E-state index contributed by atoms with van der Waals surface area (Å²) in [6, 6.07) is 0. The maximum Gasteiger partial charge on any atom is 0.0849 e. The van der Waals surface area contributed by atoms with Crippen LogP contribution in [0, 0.1) is 5.92 Å². The van der Waals surface area contributed by atoms with Crippen molar-refractivity contribution in [3.05, 3.63) is 0 Å². The molecular formula is C10H20O3. The van der Waals surface area contributed by atoms with Crippen molar-refractivity contribution in [1.82, 2.24) is 0 Å². The average molecular weight is 188 g/mol. The minimum atomic E-state index is -0.375. The Morgan fingerprint density at radius 1 is 1.62 bits per heavy atom. The van der Waals surface area contributed by atoms with Crippen LogP contribution < -0.4 is 0 Å². The van der Waals surface area contributed by atoms with E-state index in [4.69, 9.17) is 9.47 Å². The average Bonchev–Trinajstić information content (AvgIpc) is 2.18. The molecule has 78 valence electrons. The van der Waals surface area contributed by atoms with Gasteiger partial charge in [-0.05, 0) is 26.7 Å². The van der Waals surface area contributed by atoms with Gasteiger partial charge in [0.1, 0.15) is 0 Å². The van der Waals surface area contributed by atoms with Gasteiger partial charge in [-0.2, -0.15) is 0 Å². The molecule has 3 unspecified atom stereocenters. The number of hydrogen-bond donors (Lipinski definition) is 1. The summed E-state index contributed by atoms with van der Waals surface area (Å²) in [5, 5.41) is 9.87. The third-order valence-electron chi connectivity index (χ3n) is 2.59. The Morgan fingerprint density at radius 2 is 2.38 bits per heavy atom. The summed E-state index contributed by atoms with van der Waals surface area (Å²) >= 11 is 0. The van der Waals surface area contributed by atoms with Crippen LogP contribution in [0.3, 0.4) is 0 Å². The molecule has 1 aliphatic heterocycles. The first-order valence-electron chi connectivity index (χ1n) is 5.13. The van der Waals surface area contributed by atoms with E-state index in [1.165, 1.54) is 0 Å². The Labute approximate surface area is 80.0 Å². The Morgan fingerprint density at radius 3 is 2.92 bits per heavy atom. The highest BCUT2D eigenvalue weighted by Gasteiger charge is 2.26. The molecule has 1 aliphatic rings. The molecule has 3 nitrogen and oxygen atoms in total. The summed E-state index contributed by atoms with van der Waals surface area (Å²) in [7, 11) is 0. The summed E-state index contributed by atoms with van der Waals surface area (Å²) < 4.78 is 10.7. The number of rotatable bonds is 4. The van der Waals surface area contributed by atoms with Gasteiger partial charge in [0, 0.05) is 19.1 Å². The van der Waals surface area contributed by atoms with E-state index in [1.54, 1.807) is 0 Å². The summed E-state index contributed by atoms with van der Waals surface area (Å²) in [6.07, 6.45) is 1.66. The van der Waals surface area contributed by atoms with Gasteiger partial charge in [-0.25, -0.2) is 0 Å². The van der Waals surface area contributed by atoms with Gasteiger partial charge in [-0.3, -0.25) is 0 Å². The van der Waals surface area contributed by atoms with Gasteiger partial charge >= 0.3 is 0 Å². The SMILES string of the molecule is CCOC(C)C(O)C1CCCOC1. The lowest BCUT2D eigenvalue weighted by Gasteiger charge is -2.30. The fraction of sp³-hybridized carbons (Fsp3) is 1.00.